The molecule has 16 nitrogen and oxygen atoms in total. The highest BCUT2D eigenvalue weighted by Gasteiger charge is 2.45. The summed E-state index contributed by atoms with van der Waals surface area (Å²) in [5.74, 6) is -0.540. The molecule has 0 aliphatic carbocycles. The van der Waals surface area contributed by atoms with Crippen LogP contribution in [-0.2, 0) is 21.4 Å². The SMILES string of the molecule is CC(=O)C(C)Oc1cc2cc(Nc3nc(N4CCC(CN5CCN(c6ccc7c(c6)C(=O)N(C6CCC(=O)NC6=O)C7=O)CC5)CC4)ncc3Cl)ccc2n(C)c1=O. The highest BCUT2D eigenvalue weighted by molar-refractivity contribution is 6.33. The van der Waals surface area contributed by atoms with E-state index >= 15 is 0 Å². The number of nitrogens with zero attached hydrogens (tertiary/aromatic N) is 7. The van der Waals surface area contributed by atoms with Gasteiger partial charge in [-0.15, -0.1) is 0 Å². The molecule has 4 amide bonds. The minimum atomic E-state index is -0.986. The predicted molar refractivity (Wildman–Crippen MR) is 217 cm³/mol. The highest BCUT2D eigenvalue weighted by atomic mass is 35.5. The summed E-state index contributed by atoms with van der Waals surface area (Å²) >= 11 is 6.56. The number of carbonyl (C=O) groups excluding carboxylic acids is 5. The first-order chi connectivity index (χ1) is 27.8. The van der Waals surface area contributed by atoms with Crippen molar-refractivity contribution in [3.8, 4) is 5.75 Å². The first-order valence-corrected chi connectivity index (χ1v) is 19.9. The normalized spacial score (nSPS) is 19.7. The van der Waals surface area contributed by atoms with Gasteiger partial charge in [0.15, 0.2) is 23.5 Å². The molecular weight excluding hydrogens is 766 g/mol. The minimum absolute atomic E-state index is 0.0816. The van der Waals surface area contributed by atoms with Crippen molar-refractivity contribution in [1.29, 1.82) is 0 Å². The van der Waals surface area contributed by atoms with Gasteiger partial charge in [0.05, 0.1) is 22.8 Å². The molecule has 0 saturated carbocycles. The van der Waals surface area contributed by atoms with Gasteiger partial charge in [0.2, 0.25) is 17.8 Å². The molecule has 0 bridgehead atoms. The van der Waals surface area contributed by atoms with Crippen LogP contribution in [-0.4, -0.2) is 112 Å². The van der Waals surface area contributed by atoms with Crippen molar-refractivity contribution in [3.05, 3.63) is 75.2 Å². The molecule has 4 aliphatic heterocycles. The Balaban J connectivity index is 0.846. The number of hydrogen-bond donors (Lipinski definition) is 2. The molecule has 2 aromatic carbocycles. The second kappa shape index (κ2) is 15.8. The third-order valence-electron chi connectivity index (χ3n) is 11.6. The molecule has 302 valence electrons. The molecule has 6 heterocycles. The smallest absolute Gasteiger partial charge is 0.293 e. The fraction of sp³-hybridized carbons (Fsp3) is 0.415. The van der Waals surface area contributed by atoms with E-state index in [1.54, 1.807) is 38.4 Å². The lowest BCUT2D eigenvalue weighted by Gasteiger charge is -2.39. The predicted octanol–water partition coefficient (Wildman–Crippen LogP) is 3.52. The Labute approximate surface area is 339 Å². The van der Waals surface area contributed by atoms with E-state index in [0.29, 0.717) is 39.5 Å². The lowest BCUT2D eigenvalue weighted by Crippen LogP contribution is -2.54. The molecule has 58 heavy (non-hydrogen) atoms. The first kappa shape index (κ1) is 39.0. The maximum Gasteiger partial charge on any atom is 0.293 e. The van der Waals surface area contributed by atoms with Crippen LogP contribution in [0.25, 0.3) is 10.9 Å². The van der Waals surface area contributed by atoms with E-state index < -0.39 is 35.8 Å². The first-order valence-electron chi connectivity index (χ1n) is 19.5. The quantitative estimate of drug-likeness (QED) is 0.223. The Bertz CT molecular complexity index is 2410. The molecule has 2 aromatic heterocycles. The van der Waals surface area contributed by atoms with E-state index in [1.165, 1.54) is 11.5 Å². The van der Waals surface area contributed by atoms with E-state index in [9.17, 15) is 28.8 Å². The van der Waals surface area contributed by atoms with Gasteiger partial charge < -0.3 is 24.4 Å². The second-order valence-electron chi connectivity index (χ2n) is 15.4. The van der Waals surface area contributed by atoms with Crippen molar-refractivity contribution in [2.45, 2.75) is 51.7 Å². The Kier molecular flexibility index (Phi) is 10.6. The van der Waals surface area contributed by atoms with Crippen LogP contribution in [0.4, 0.5) is 23.1 Å². The van der Waals surface area contributed by atoms with Crippen molar-refractivity contribution in [2.24, 2.45) is 13.0 Å². The Morgan fingerprint density at radius 2 is 1.67 bits per heavy atom. The summed E-state index contributed by atoms with van der Waals surface area (Å²) in [5, 5.41) is 6.65. The summed E-state index contributed by atoms with van der Waals surface area (Å²) in [6.45, 7) is 8.87. The number of halogens is 1. The molecule has 4 aromatic rings. The topological polar surface area (TPSA) is 179 Å². The van der Waals surface area contributed by atoms with Crippen molar-refractivity contribution in [1.82, 2.24) is 29.7 Å². The zero-order valence-electron chi connectivity index (χ0n) is 32.5. The molecular formula is C41H44ClN9O7. The van der Waals surface area contributed by atoms with Crippen LogP contribution in [0.15, 0.2) is 53.5 Å². The summed E-state index contributed by atoms with van der Waals surface area (Å²) in [5.41, 5.74) is 2.52. The third-order valence-corrected chi connectivity index (χ3v) is 11.9. The molecule has 0 spiro atoms. The zero-order chi connectivity index (χ0) is 40.8. The highest BCUT2D eigenvalue weighted by Crippen LogP contribution is 2.33. The van der Waals surface area contributed by atoms with Gasteiger partial charge in [-0.25, -0.2) is 4.98 Å². The van der Waals surface area contributed by atoms with Crippen LogP contribution in [0.2, 0.25) is 5.02 Å². The molecule has 2 N–H and O–H groups in total. The summed E-state index contributed by atoms with van der Waals surface area (Å²) in [6, 6.07) is 11.5. The Morgan fingerprint density at radius 1 is 0.931 bits per heavy atom. The van der Waals surface area contributed by atoms with Gasteiger partial charge in [-0.1, -0.05) is 11.6 Å². The Morgan fingerprint density at radius 3 is 2.40 bits per heavy atom. The van der Waals surface area contributed by atoms with Crippen LogP contribution in [0.3, 0.4) is 0 Å². The average molecular weight is 810 g/mol. The maximum absolute atomic E-state index is 13.3. The molecule has 17 heteroatoms. The average Bonchev–Trinajstić information content (AvgIpc) is 3.46. The number of anilines is 4. The molecule has 2 atom stereocenters. The number of fused-ring (bicyclic) bond motifs is 2. The summed E-state index contributed by atoms with van der Waals surface area (Å²) < 4.78 is 7.17. The van der Waals surface area contributed by atoms with Crippen LogP contribution in [0.5, 0.6) is 5.75 Å². The summed E-state index contributed by atoms with van der Waals surface area (Å²) in [4.78, 5) is 92.4. The number of carbonyl (C=O) groups is 5. The number of imide groups is 2. The number of Topliss-reactive ketones (excluding diaryl/α,β-unsaturated/α-hetero) is 1. The Hall–Kier alpha value is -5.87. The number of rotatable bonds is 10. The van der Waals surface area contributed by atoms with Crippen molar-refractivity contribution < 1.29 is 28.7 Å². The van der Waals surface area contributed by atoms with Crippen LogP contribution >= 0.6 is 11.6 Å². The van der Waals surface area contributed by atoms with E-state index in [2.05, 4.69) is 30.3 Å². The number of amides is 4. The summed E-state index contributed by atoms with van der Waals surface area (Å²) in [7, 11) is 1.66. The van der Waals surface area contributed by atoms with E-state index in [-0.39, 0.29) is 35.5 Å². The summed E-state index contributed by atoms with van der Waals surface area (Å²) in [6.07, 6.45) is 3.02. The van der Waals surface area contributed by atoms with Gasteiger partial charge in [-0.2, -0.15) is 4.98 Å². The van der Waals surface area contributed by atoms with E-state index in [4.69, 9.17) is 21.3 Å². The van der Waals surface area contributed by atoms with Crippen molar-refractivity contribution in [3.63, 3.8) is 0 Å². The number of nitrogens with one attached hydrogen (secondary N) is 2. The fourth-order valence-corrected chi connectivity index (χ4v) is 8.29. The minimum Gasteiger partial charge on any atom is -0.477 e. The van der Waals surface area contributed by atoms with Gasteiger partial charge in [-0.05, 0) is 81.5 Å². The number of aryl methyl sites for hydroxylation is 1. The largest absolute Gasteiger partial charge is 0.477 e. The van der Waals surface area contributed by atoms with Crippen LogP contribution < -0.4 is 30.7 Å². The fourth-order valence-electron chi connectivity index (χ4n) is 8.15. The second-order valence-corrected chi connectivity index (χ2v) is 15.8. The van der Waals surface area contributed by atoms with Gasteiger partial charge in [0.25, 0.3) is 17.4 Å². The number of ketones is 1. The van der Waals surface area contributed by atoms with Gasteiger partial charge in [0, 0.05) is 76.0 Å². The number of ether oxygens (including phenoxy) is 1. The molecule has 2 unspecified atom stereocenters. The van der Waals surface area contributed by atoms with E-state index in [1.807, 2.05) is 24.3 Å². The number of benzene rings is 2. The van der Waals surface area contributed by atoms with Crippen LogP contribution in [0.1, 0.15) is 60.2 Å². The monoisotopic (exact) mass is 809 g/mol. The maximum atomic E-state index is 13.3. The van der Waals surface area contributed by atoms with Crippen LogP contribution in [0, 0.1) is 5.92 Å². The van der Waals surface area contributed by atoms with E-state index in [0.717, 1.165) is 74.6 Å². The zero-order valence-corrected chi connectivity index (χ0v) is 33.3. The molecule has 3 saturated heterocycles. The third kappa shape index (κ3) is 7.61. The number of aromatic nitrogens is 3. The number of piperazine rings is 1. The van der Waals surface area contributed by atoms with Gasteiger partial charge in [0.1, 0.15) is 11.1 Å². The lowest BCUT2D eigenvalue weighted by atomic mass is 9.96. The molecule has 8 rings (SSSR count). The number of piperidine rings is 2. The molecule has 3 fully saturated rings. The number of pyridine rings is 1. The molecule has 4 aliphatic rings. The standard InChI is InChI=1S/C41H44ClN9O7/c1-23(52)24(2)58-34-19-26-18-27(4-7-32(26)47(3)40(34)57)44-36-31(42)21-43-41(46-36)50-12-10-25(11-13-50)22-48-14-16-49(17-15-48)28-5-6-29-30(20-28)39(56)51(38(29)55)33-8-9-35(53)45-37(33)54/h4-7,18-21,24-25,33H,8-17,22H2,1-3H3,(H,43,44,46)(H,45,53,54). The lowest BCUT2D eigenvalue weighted by molar-refractivity contribution is -0.136. The number of hydrogen-bond acceptors (Lipinski definition) is 13. The van der Waals surface area contributed by atoms with Gasteiger partial charge in [-0.3, -0.25) is 43.9 Å². The van der Waals surface area contributed by atoms with Gasteiger partial charge >= 0.3 is 0 Å². The van der Waals surface area contributed by atoms with Crippen molar-refractivity contribution in [2.75, 3.05) is 60.9 Å². The molecule has 0 radical (unpaired) electrons. The van der Waals surface area contributed by atoms with Crippen molar-refractivity contribution >= 4 is 75.1 Å².